The number of fused-ring (bicyclic) bond motifs is 5. The van der Waals surface area contributed by atoms with Crippen LogP contribution in [0.2, 0.25) is 0 Å². The molecule has 32 heavy (non-hydrogen) atoms. The minimum absolute atomic E-state index is 0.00151. The van der Waals surface area contributed by atoms with Crippen LogP contribution in [0.3, 0.4) is 0 Å². The molecule has 0 heterocycles. The molecule has 1 N–H and O–H groups in total. The molecular formula is C30H48O2. The van der Waals surface area contributed by atoms with Crippen LogP contribution in [0.5, 0.6) is 0 Å². The van der Waals surface area contributed by atoms with Crippen LogP contribution in [0.15, 0.2) is 23.3 Å². The molecule has 0 amide bonds. The first kappa shape index (κ1) is 24.2. The van der Waals surface area contributed by atoms with E-state index in [2.05, 4.69) is 47.6 Å². The summed E-state index contributed by atoms with van der Waals surface area (Å²) < 4.78 is 0. The van der Waals surface area contributed by atoms with Gasteiger partial charge in [-0.25, -0.2) is 0 Å². The molecule has 0 bridgehead atoms. The summed E-state index contributed by atoms with van der Waals surface area (Å²) in [6.07, 6.45) is 13.3. The highest BCUT2D eigenvalue weighted by Gasteiger charge is 2.65. The summed E-state index contributed by atoms with van der Waals surface area (Å²) in [5.74, 6) is 2.61. The Kier molecular flexibility index (Phi) is 5.93. The van der Waals surface area contributed by atoms with Crippen molar-refractivity contribution in [3.05, 3.63) is 23.3 Å². The van der Waals surface area contributed by atoms with Crippen molar-refractivity contribution in [1.29, 1.82) is 0 Å². The zero-order chi connectivity index (χ0) is 23.7. The molecule has 8 atom stereocenters. The number of rotatable bonds is 4. The lowest BCUT2D eigenvalue weighted by molar-refractivity contribution is -0.120. The number of ketones is 1. The van der Waals surface area contributed by atoms with Gasteiger partial charge in [0.25, 0.3) is 0 Å². The van der Waals surface area contributed by atoms with Crippen LogP contribution in [0, 0.1) is 45.3 Å². The number of aliphatic hydroxyl groups excluding tert-OH is 1. The number of carbonyl (C=O) groups excluding carboxylic acids is 1. The van der Waals surface area contributed by atoms with Crippen LogP contribution in [0.1, 0.15) is 107 Å². The molecule has 1 unspecified atom stereocenters. The monoisotopic (exact) mass is 440 g/mol. The third-order valence-electron chi connectivity index (χ3n) is 11.5. The molecule has 2 heteroatoms. The van der Waals surface area contributed by atoms with Gasteiger partial charge in [0.05, 0.1) is 6.10 Å². The highest BCUT2D eigenvalue weighted by Crippen LogP contribution is 2.73. The van der Waals surface area contributed by atoms with Gasteiger partial charge in [-0.05, 0) is 110 Å². The maximum Gasteiger partial charge on any atom is 0.155 e. The smallest absolute Gasteiger partial charge is 0.155 e. The van der Waals surface area contributed by atoms with Crippen molar-refractivity contribution in [2.75, 3.05) is 0 Å². The van der Waals surface area contributed by atoms with Crippen molar-refractivity contribution in [1.82, 2.24) is 0 Å². The topological polar surface area (TPSA) is 37.3 Å². The molecular weight excluding hydrogens is 392 g/mol. The van der Waals surface area contributed by atoms with Gasteiger partial charge in [-0.2, -0.15) is 0 Å². The minimum atomic E-state index is -0.169. The van der Waals surface area contributed by atoms with Crippen LogP contribution in [0.4, 0.5) is 0 Å². The number of hydrogen-bond donors (Lipinski definition) is 1. The number of hydrogen-bond acceptors (Lipinski definition) is 2. The lowest BCUT2D eigenvalue weighted by Crippen LogP contribution is -2.57. The predicted molar refractivity (Wildman–Crippen MR) is 133 cm³/mol. The average molecular weight is 441 g/mol. The molecule has 0 aliphatic heterocycles. The number of carbonyl (C=O) groups is 1. The first-order valence-corrected chi connectivity index (χ1v) is 13.3. The van der Waals surface area contributed by atoms with Gasteiger partial charge in [-0.1, -0.05) is 58.8 Å². The molecule has 3 fully saturated rings. The van der Waals surface area contributed by atoms with Crippen LogP contribution in [-0.4, -0.2) is 17.0 Å². The van der Waals surface area contributed by atoms with Gasteiger partial charge >= 0.3 is 0 Å². The summed E-state index contributed by atoms with van der Waals surface area (Å²) >= 11 is 0. The van der Waals surface area contributed by atoms with E-state index in [0.717, 1.165) is 24.8 Å². The van der Waals surface area contributed by atoms with E-state index in [4.69, 9.17) is 0 Å². The van der Waals surface area contributed by atoms with Crippen molar-refractivity contribution in [2.45, 2.75) is 113 Å². The molecule has 0 spiro atoms. The van der Waals surface area contributed by atoms with Gasteiger partial charge < -0.3 is 5.11 Å². The van der Waals surface area contributed by atoms with Crippen molar-refractivity contribution in [3.8, 4) is 0 Å². The summed E-state index contributed by atoms with van der Waals surface area (Å²) in [5, 5.41) is 10.8. The standard InChI is InChI=1S/C30H48O2/c1-19(2)17-21(31)18-20(3)22-11-15-30(8)24-9-10-25-27(4,5)26(32)13-14-28(25,6)23(24)12-16-29(22,30)7/h12,17,20,22,24-26,32H,9-11,13-16,18H2,1-8H3/t20-,22-,24-,25+,26?,28-,29-,30+/m1/s1. The second kappa shape index (κ2) is 7.82. The highest BCUT2D eigenvalue weighted by atomic mass is 16.3. The molecule has 0 aromatic heterocycles. The zero-order valence-electron chi connectivity index (χ0n) is 22.1. The summed E-state index contributed by atoms with van der Waals surface area (Å²) in [6, 6.07) is 0. The molecule has 0 aromatic carbocycles. The molecule has 0 radical (unpaired) electrons. The summed E-state index contributed by atoms with van der Waals surface area (Å²) in [7, 11) is 0. The Morgan fingerprint density at radius 2 is 1.75 bits per heavy atom. The van der Waals surface area contributed by atoms with Crippen LogP contribution in [0.25, 0.3) is 0 Å². The van der Waals surface area contributed by atoms with Gasteiger partial charge in [0.1, 0.15) is 0 Å². The Morgan fingerprint density at radius 1 is 1.06 bits per heavy atom. The fourth-order valence-electron chi connectivity index (χ4n) is 9.51. The third-order valence-corrected chi connectivity index (χ3v) is 11.5. The van der Waals surface area contributed by atoms with Gasteiger partial charge in [-0.3, -0.25) is 4.79 Å². The molecule has 180 valence electrons. The molecule has 3 saturated carbocycles. The van der Waals surface area contributed by atoms with Crippen molar-refractivity contribution in [2.24, 2.45) is 45.3 Å². The quantitative estimate of drug-likeness (QED) is 0.363. The van der Waals surface area contributed by atoms with Crippen LogP contribution in [-0.2, 0) is 4.79 Å². The Bertz CT molecular complexity index is 830. The molecule has 4 aliphatic carbocycles. The highest BCUT2D eigenvalue weighted by molar-refractivity contribution is 5.90. The predicted octanol–water partition coefficient (Wildman–Crippen LogP) is 7.51. The van der Waals surface area contributed by atoms with Crippen molar-refractivity contribution in [3.63, 3.8) is 0 Å². The third kappa shape index (κ3) is 3.33. The Labute approximate surface area is 197 Å². The lowest BCUT2D eigenvalue weighted by Gasteiger charge is -2.64. The maximum atomic E-state index is 12.6. The molecule has 2 nitrogen and oxygen atoms in total. The molecule has 4 rings (SSSR count). The maximum absolute atomic E-state index is 12.6. The Morgan fingerprint density at radius 3 is 2.41 bits per heavy atom. The van der Waals surface area contributed by atoms with E-state index in [1.165, 1.54) is 25.7 Å². The van der Waals surface area contributed by atoms with Crippen LogP contribution >= 0.6 is 0 Å². The normalized spacial score (nSPS) is 45.7. The van der Waals surface area contributed by atoms with Gasteiger partial charge in [0.2, 0.25) is 0 Å². The van der Waals surface area contributed by atoms with E-state index >= 15 is 0 Å². The fourth-order valence-corrected chi connectivity index (χ4v) is 9.51. The fraction of sp³-hybridized carbons (Fsp3) is 0.833. The zero-order valence-corrected chi connectivity index (χ0v) is 22.1. The summed E-state index contributed by atoms with van der Waals surface area (Å²) in [4.78, 5) is 12.6. The van der Waals surface area contributed by atoms with Crippen molar-refractivity contribution >= 4 is 5.78 Å². The molecule has 0 saturated heterocycles. The first-order chi connectivity index (χ1) is 14.8. The van der Waals surface area contributed by atoms with Gasteiger partial charge in [-0.15, -0.1) is 0 Å². The SMILES string of the molecule is CC(C)=CC(=O)C[C@@H](C)[C@H]1CC[C@@]2(C)[C@@H]3CC[C@H]4C(C)(C)C(O)CC[C@]4(C)C3=CC[C@]12C. The molecule has 0 aromatic rings. The second-order valence-electron chi connectivity index (χ2n) is 13.7. The number of allylic oxidation sites excluding steroid dienone is 4. The van der Waals surface area contributed by atoms with Gasteiger partial charge in [0, 0.05) is 6.42 Å². The van der Waals surface area contributed by atoms with Crippen LogP contribution < -0.4 is 0 Å². The van der Waals surface area contributed by atoms with E-state index in [0.29, 0.717) is 41.3 Å². The summed E-state index contributed by atoms with van der Waals surface area (Å²) in [5.41, 5.74) is 3.68. The second-order valence-corrected chi connectivity index (χ2v) is 13.7. The van der Waals surface area contributed by atoms with E-state index in [1.807, 2.05) is 19.9 Å². The first-order valence-electron chi connectivity index (χ1n) is 13.3. The van der Waals surface area contributed by atoms with E-state index < -0.39 is 0 Å². The summed E-state index contributed by atoms with van der Waals surface area (Å²) in [6.45, 7) is 18.7. The largest absolute Gasteiger partial charge is 0.393 e. The Hall–Kier alpha value is -0.890. The number of aliphatic hydroxyl groups is 1. The van der Waals surface area contributed by atoms with E-state index in [9.17, 15) is 9.90 Å². The minimum Gasteiger partial charge on any atom is -0.393 e. The van der Waals surface area contributed by atoms with E-state index in [-0.39, 0.29) is 22.3 Å². The lowest BCUT2D eigenvalue weighted by atomic mass is 9.41. The van der Waals surface area contributed by atoms with Crippen molar-refractivity contribution < 1.29 is 9.90 Å². The Balaban J connectivity index is 1.64. The average Bonchev–Trinajstić information content (AvgIpc) is 2.96. The molecule has 4 aliphatic rings. The van der Waals surface area contributed by atoms with Gasteiger partial charge in [0.15, 0.2) is 5.78 Å². The van der Waals surface area contributed by atoms with E-state index in [1.54, 1.807) is 5.57 Å².